The van der Waals surface area contributed by atoms with Gasteiger partial charge in [-0.25, -0.2) is 9.59 Å². The number of para-hydroxylation sites is 1. The van der Waals surface area contributed by atoms with E-state index in [1.54, 1.807) is 26.2 Å². The van der Waals surface area contributed by atoms with Crippen LogP contribution in [-0.4, -0.2) is 48.6 Å². The highest BCUT2D eigenvalue weighted by Crippen LogP contribution is 2.34. The van der Waals surface area contributed by atoms with Crippen molar-refractivity contribution in [1.29, 1.82) is 0 Å². The average Bonchev–Trinajstić information content (AvgIpc) is 3.37. The van der Waals surface area contributed by atoms with Crippen molar-refractivity contribution in [3.63, 3.8) is 0 Å². The van der Waals surface area contributed by atoms with Gasteiger partial charge in [0.2, 0.25) is 0 Å². The molecule has 0 aliphatic carbocycles. The number of aromatic nitrogens is 1. The van der Waals surface area contributed by atoms with Gasteiger partial charge in [-0.05, 0) is 53.9 Å². The number of carbonyl (C=O) groups is 2. The third-order valence-corrected chi connectivity index (χ3v) is 7.66. The Kier molecular flexibility index (Phi) is 6.70. The second kappa shape index (κ2) is 10.5. The predicted molar refractivity (Wildman–Crippen MR) is 153 cm³/mol. The van der Waals surface area contributed by atoms with Gasteiger partial charge in [-0.2, -0.15) is 0 Å². The molecule has 5 aromatic rings. The lowest BCUT2D eigenvalue weighted by Gasteiger charge is -2.33. The maximum atomic E-state index is 13.4. The summed E-state index contributed by atoms with van der Waals surface area (Å²) in [6.45, 7) is 1.69. The molecular formula is C32H28N2O7. The third-order valence-electron chi connectivity index (χ3n) is 7.66. The largest absolute Gasteiger partial charge is 0.497 e. The molecule has 0 fully saturated rings. The van der Waals surface area contributed by atoms with E-state index in [1.807, 2.05) is 48.5 Å². The molecule has 1 atom stereocenters. The molecule has 1 unspecified atom stereocenters. The molecule has 0 saturated heterocycles. The number of nitrogens with zero attached hydrogens (tertiary/aromatic N) is 1. The molecule has 3 heterocycles. The topological polar surface area (TPSA) is 111 Å². The monoisotopic (exact) mass is 552 g/mol. The van der Waals surface area contributed by atoms with Gasteiger partial charge >= 0.3 is 11.6 Å². The van der Waals surface area contributed by atoms with Gasteiger partial charge in [0.05, 0.1) is 20.8 Å². The highest BCUT2D eigenvalue weighted by molar-refractivity contribution is 5.96. The van der Waals surface area contributed by atoms with Crippen LogP contribution in [0.25, 0.3) is 33.0 Å². The number of fused-ring (bicyclic) bond motifs is 4. The van der Waals surface area contributed by atoms with Crippen molar-refractivity contribution in [2.45, 2.75) is 25.9 Å². The quantitative estimate of drug-likeness (QED) is 0.239. The van der Waals surface area contributed by atoms with Crippen LogP contribution in [0.15, 0.2) is 75.9 Å². The Hall–Kier alpha value is -5.05. The van der Waals surface area contributed by atoms with Crippen LogP contribution >= 0.6 is 0 Å². The first kappa shape index (κ1) is 26.2. The standard InChI is InChI=1S/C32H28N2O7/c1-18-28(13-12-22-23(15-30(36)41-31(18)22)19-8-10-20(38-2)11-9-19)40-17-29(35)34-16-26-24(14-27(34)32(37)39-3)21-6-4-5-7-25(21)33-26/h4-13,15,27,33H,14,16-17H2,1-3H3. The lowest BCUT2D eigenvalue weighted by atomic mass is 9.96. The summed E-state index contributed by atoms with van der Waals surface area (Å²) < 4.78 is 21.8. The summed E-state index contributed by atoms with van der Waals surface area (Å²) in [6, 6.07) is 19.5. The minimum atomic E-state index is -0.773. The number of amides is 1. The number of H-pyrrole nitrogens is 1. The Morgan fingerprint density at radius 3 is 2.56 bits per heavy atom. The molecule has 1 aliphatic heterocycles. The predicted octanol–water partition coefficient (Wildman–Crippen LogP) is 4.76. The molecule has 3 aromatic carbocycles. The van der Waals surface area contributed by atoms with E-state index in [2.05, 4.69) is 4.98 Å². The first-order valence-electron chi connectivity index (χ1n) is 13.2. The number of aryl methyl sites for hydroxylation is 1. The number of hydrogen-bond donors (Lipinski definition) is 1. The molecule has 0 radical (unpaired) electrons. The summed E-state index contributed by atoms with van der Waals surface area (Å²) in [5.41, 5.74) is 4.86. The number of carbonyl (C=O) groups excluding carboxylic acids is 2. The molecule has 0 spiro atoms. The minimum Gasteiger partial charge on any atom is -0.497 e. The zero-order valence-corrected chi connectivity index (χ0v) is 22.9. The van der Waals surface area contributed by atoms with E-state index in [1.165, 1.54) is 18.1 Å². The molecule has 1 N–H and O–H groups in total. The Morgan fingerprint density at radius 2 is 1.80 bits per heavy atom. The number of aromatic amines is 1. The molecule has 9 heteroatoms. The number of methoxy groups -OCH3 is 2. The van der Waals surface area contributed by atoms with Crippen molar-refractivity contribution < 1.29 is 28.2 Å². The number of benzene rings is 3. The van der Waals surface area contributed by atoms with Crippen LogP contribution in [0.2, 0.25) is 0 Å². The van der Waals surface area contributed by atoms with Crippen LogP contribution in [0.1, 0.15) is 16.8 Å². The fourth-order valence-corrected chi connectivity index (χ4v) is 5.55. The van der Waals surface area contributed by atoms with Gasteiger partial charge in [0.15, 0.2) is 6.61 Å². The number of esters is 1. The van der Waals surface area contributed by atoms with E-state index < -0.39 is 17.6 Å². The molecule has 208 valence electrons. The lowest BCUT2D eigenvalue weighted by molar-refractivity contribution is -0.154. The summed E-state index contributed by atoms with van der Waals surface area (Å²) in [5, 5.41) is 1.76. The van der Waals surface area contributed by atoms with Gasteiger partial charge in [0.1, 0.15) is 23.1 Å². The lowest BCUT2D eigenvalue weighted by Crippen LogP contribution is -2.50. The molecule has 1 aliphatic rings. The summed E-state index contributed by atoms with van der Waals surface area (Å²) in [5.74, 6) is 0.266. The Morgan fingerprint density at radius 1 is 1.02 bits per heavy atom. The van der Waals surface area contributed by atoms with Crippen molar-refractivity contribution >= 4 is 33.7 Å². The molecule has 0 saturated carbocycles. The second-order valence-electron chi connectivity index (χ2n) is 9.95. The van der Waals surface area contributed by atoms with Gasteiger partial charge in [0, 0.05) is 40.0 Å². The maximum Gasteiger partial charge on any atom is 0.336 e. The van der Waals surface area contributed by atoms with Crippen molar-refractivity contribution in [3.8, 4) is 22.6 Å². The SMILES string of the molecule is COC(=O)C1Cc2c([nH]c3ccccc23)CN1C(=O)COc1ccc2c(-c3ccc(OC)cc3)cc(=O)oc2c1C. The highest BCUT2D eigenvalue weighted by Gasteiger charge is 2.37. The Balaban J connectivity index is 1.27. The van der Waals surface area contributed by atoms with Crippen molar-refractivity contribution in [1.82, 2.24) is 9.88 Å². The molecule has 2 aromatic heterocycles. The Labute approximate surface area is 235 Å². The molecule has 6 rings (SSSR count). The number of rotatable bonds is 6. The Bertz CT molecular complexity index is 1850. The van der Waals surface area contributed by atoms with Crippen LogP contribution in [0.4, 0.5) is 0 Å². The van der Waals surface area contributed by atoms with Gasteiger partial charge < -0.3 is 28.5 Å². The third kappa shape index (κ3) is 4.69. The molecule has 41 heavy (non-hydrogen) atoms. The zero-order valence-electron chi connectivity index (χ0n) is 22.9. The summed E-state index contributed by atoms with van der Waals surface area (Å²) >= 11 is 0. The normalized spacial score (nSPS) is 14.6. The molecular weight excluding hydrogens is 524 g/mol. The maximum absolute atomic E-state index is 13.4. The average molecular weight is 553 g/mol. The minimum absolute atomic E-state index is 0.225. The molecule has 1 amide bonds. The van der Waals surface area contributed by atoms with Crippen LogP contribution < -0.4 is 15.1 Å². The van der Waals surface area contributed by atoms with Crippen LogP contribution in [0, 0.1) is 6.92 Å². The first-order chi connectivity index (χ1) is 19.9. The van der Waals surface area contributed by atoms with Gasteiger partial charge in [-0.1, -0.05) is 30.3 Å². The van der Waals surface area contributed by atoms with E-state index >= 15 is 0 Å². The van der Waals surface area contributed by atoms with E-state index in [0.29, 0.717) is 34.6 Å². The van der Waals surface area contributed by atoms with E-state index in [-0.39, 0.29) is 19.1 Å². The summed E-state index contributed by atoms with van der Waals surface area (Å²) in [6.07, 6.45) is 0.339. The van der Waals surface area contributed by atoms with Gasteiger partial charge in [0.25, 0.3) is 5.91 Å². The van der Waals surface area contributed by atoms with Crippen molar-refractivity contribution in [3.05, 3.63) is 94.0 Å². The fourth-order valence-electron chi connectivity index (χ4n) is 5.55. The number of nitrogens with one attached hydrogen (secondary N) is 1. The summed E-state index contributed by atoms with van der Waals surface area (Å²) in [4.78, 5) is 43.5. The molecule has 0 bridgehead atoms. The first-order valence-corrected chi connectivity index (χ1v) is 13.2. The van der Waals surface area contributed by atoms with Crippen LogP contribution in [-0.2, 0) is 27.3 Å². The molecule has 9 nitrogen and oxygen atoms in total. The van der Waals surface area contributed by atoms with E-state index in [4.69, 9.17) is 18.6 Å². The van der Waals surface area contributed by atoms with Crippen LogP contribution in [0.3, 0.4) is 0 Å². The smallest absolute Gasteiger partial charge is 0.336 e. The zero-order chi connectivity index (χ0) is 28.7. The van der Waals surface area contributed by atoms with E-state index in [9.17, 15) is 14.4 Å². The highest BCUT2D eigenvalue weighted by atomic mass is 16.5. The van der Waals surface area contributed by atoms with Gasteiger partial charge in [-0.15, -0.1) is 0 Å². The van der Waals surface area contributed by atoms with E-state index in [0.717, 1.165) is 33.1 Å². The number of ether oxygens (including phenoxy) is 3. The fraction of sp³-hybridized carbons (Fsp3) is 0.219. The van der Waals surface area contributed by atoms with Gasteiger partial charge in [-0.3, -0.25) is 4.79 Å². The number of hydrogen-bond acceptors (Lipinski definition) is 7. The van der Waals surface area contributed by atoms with Crippen LogP contribution in [0.5, 0.6) is 11.5 Å². The second-order valence-corrected chi connectivity index (χ2v) is 9.95. The van der Waals surface area contributed by atoms with Crippen molar-refractivity contribution in [2.24, 2.45) is 0 Å². The van der Waals surface area contributed by atoms with Crippen molar-refractivity contribution in [2.75, 3.05) is 20.8 Å². The summed E-state index contributed by atoms with van der Waals surface area (Å²) in [7, 11) is 2.91.